The molecule has 0 spiro atoms. The first-order valence-corrected chi connectivity index (χ1v) is 7.52. The summed E-state index contributed by atoms with van der Waals surface area (Å²) in [5, 5.41) is 5.71. The zero-order valence-electron chi connectivity index (χ0n) is 10.9. The van der Waals surface area contributed by atoms with Gasteiger partial charge in [0, 0.05) is 16.7 Å². The highest BCUT2D eigenvalue weighted by Gasteiger charge is 2.05. The fraction of sp³-hybridized carbons (Fsp3) is 0.400. The van der Waals surface area contributed by atoms with Crippen LogP contribution in [0.4, 0.5) is 10.5 Å². The Kier molecular flexibility index (Phi) is 5.45. The summed E-state index contributed by atoms with van der Waals surface area (Å²) in [4.78, 5) is 11.7. The average molecular weight is 323 g/mol. The van der Waals surface area contributed by atoms with Gasteiger partial charge in [0.05, 0.1) is 0 Å². The number of anilines is 1. The van der Waals surface area contributed by atoms with E-state index >= 15 is 0 Å². The quantitative estimate of drug-likeness (QED) is 0.789. The molecule has 0 atom stereocenters. The number of urea groups is 1. The van der Waals surface area contributed by atoms with E-state index in [1.165, 1.54) is 31.3 Å². The van der Waals surface area contributed by atoms with Crippen molar-refractivity contribution < 1.29 is 4.79 Å². The van der Waals surface area contributed by atoms with Crippen molar-refractivity contribution in [1.82, 2.24) is 5.32 Å². The monoisotopic (exact) mass is 322 g/mol. The van der Waals surface area contributed by atoms with Crippen LogP contribution in [0.25, 0.3) is 0 Å². The number of allylic oxidation sites excluding steroid dienone is 1. The second kappa shape index (κ2) is 7.34. The van der Waals surface area contributed by atoms with Gasteiger partial charge in [0.2, 0.25) is 0 Å². The predicted molar refractivity (Wildman–Crippen MR) is 82.3 cm³/mol. The molecule has 2 N–H and O–H groups in total. The van der Waals surface area contributed by atoms with E-state index in [1.54, 1.807) is 0 Å². The van der Waals surface area contributed by atoms with E-state index in [9.17, 15) is 4.79 Å². The molecule has 19 heavy (non-hydrogen) atoms. The van der Waals surface area contributed by atoms with E-state index in [-0.39, 0.29) is 6.03 Å². The zero-order chi connectivity index (χ0) is 13.5. The molecule has 0 saturated heterocycles. The van der Waals surface area contributed by atoms with Gasteiger partial charge >= 0.3 is 6.03 Å². The lowest BCUT2D eigenvalue weighted by Gasteiger charge is -2.13. The van der Waals surface area contributed by atoms with Crippen molar-refractivity contribution in [2.45, 2.75) is 32.1 Å². The summed E-state index contributed by atoms with van der Waals surface area (Å²) in [5.74, 6) is 0. The molecule has 0 bridgehead atoms. The van der Waals surface area contributed by atoms with Crippen molar-refractivity contribution in [3.05, 3.63) is 40.4 Å². The molecule has 0 aromatic heterocycles. The molecule has 0 saturated carbocycles. The first-order chi connectivity index (χ1) is 9.24. The maximum atomic E-state index is 11.7. The van der Waals surface area contributed by atoms with Gasteiger partial charge in [-0.1, -0.05) is 27.6 Å². The highest BCUT2D eigenvalue weighted by molar-refractivity contribution is 9.10. The van der Waals surface area contributed by atoms with Gasteiger partial charge in [-0.15, -0.1) is 0 Å². The van der Waals surface area contributed by atoms with Crippen LogP contribution in [0.2, 0.25) is 0 Å². The van der Waals surface area contributed by atoms with Gasteiger partial charge in [-0.25, -0.2) is 4.79 Å². The van der Waals surface area contributed by atoms with Crippen LogP contribution < -0.4 is 10.6 Å². The molecule has 2 amide bonds. The molecule has 0 fully saturated rings. The van der Waals surface area contributed by atoms with Crippen LogP contribution in [-0.2, 0) is 0 Å². The minimum atomic E-state index is -0.140. The normalized spacial score (nSPS) is 14.7. The lowest BCUT2D eigenvalue weighted by Crippen LogP contribution is -2.29. The molecule has 2 rings (SSSR count). The number of hydrogen-bond donors (Lipinski definition) is 2. The minimum absolute atomic E-state index is 0.140. The molecule has 1 aromatic rings. The minimum Gasteiger partial charge on any atom is -0.338 e. The molecule has 1 aliphatic carbocycles. The number of nitrogens with one attached hydrogen (secondary N) is 2. The van der Waals surface area contributed by atoms with Crippen molar-refractivity contribution in [1.29, 1.82) is 0 Å². The molecule has 4 heteroatoms. The lowest BCUT2D eigenvalue weighted by atomic mass is 9.97. The Morgan fingerprint density at radius 1 is 1.21 bits per heavy atom. The molecule has 1 aromatic carbocycles. The largest absolute Gasteiger partial charge is 0.338 e. The van der Waals surface area contributed by atoms with Gasteiger partial charge in [0.15, 0.2) is 0 Å². The van der Waals surface area contributed by atoms with E-state index in [1.807, 2.05) is 24.3 Å². The topological polar surface area (TPSA) is 41.1 Å². The summed E-state index contributed by atoms with van der Waals surface area (Å²) in [6, 6.07) is 7.41. The van der Waals surface area contributed by atoms with Crippen LogP contribution in [0.1, 0.15) is 32.1 Å². The Hall–Kier alpha value is -1.29. The Bertz CT molecular complexity index is 454. The SMILES string of the molecule is O=C(NCCC1=CCCCC1)Nc1ccc(Br)cc1. The number of amides is 2. The second-order valence-electron chi connectivity index (χ2n) is 4.75. The molecule has 0 aliphatic heterocycles. The molecule has 3 nitrogen and oxygen atoms in total. The first kappa shape index (κ1) is 14.1. The molecule has 1 aliphatic rings. The van der Waals surface area contributed by atoms with Gasteiger partial charge < -0.3 is 10.6 Å². The van der Waals surface area contributed by atoms with Gasteiger partial charge in [-0.05, 0) is 56.4 Å². The second-order valence-corrected chi connectivity index (χ2v) is 5.66. The van der Waals surface area contributed by atoms with E-state index < -0.39 is 0 Å². The highest BCUT2D eigenvalue weighted by atomic mass is 79.9. The van der Waals surface area contributed by atoms with Crippen LogP contribution in [-0.4, -0.2) is 12.6 Å². The molecular formula is C15H19BrN2O. The highest BCUT2D eigenvalue weighted by Crippen LogP contribution is 2.19. The van der Waals surface area contributed by atoms with Crippen molar-refractivity contribution >= 4 is 27.6 Å². The van der Waals surface area contributed by atoms with Crippen molar-refractivity contribution in [2.75, 3.05) is 11.9 Å². The summed E-state index contributed by atoms with van der Waals surface area (Å²) >= 11 is 3.36. The Morgan fingerprint density at radius 3 is 2.68 bits per heavy atom. The van der Waals surface area contributed by atoms with Gasteiger partial charge in [-0.3, -0.25) is 0 Å². The third-order valence-electron chi connectivity index (χ3n) is 3.22. The van der Waals surface area contributed by atoms with E-state index in [0.717, 1.165) is 16.6 Å². The summed E-state index contributed by atoms with van der Waals surface area (Å²) in [5.41, 5.74) is 2.28. The van der Waals surface area contributed by atoms with E-state index in [0.29, 0.717) is 6.54 Å². The maximum Gasteiger partial charge on any atom is 0.319 e. The number of carbonyl (C=O) groups excluding carboxylic acids is 1. The third-order valence-corrected chi connectivity index (χ3v) is 3.75. The van der Waals surface area contributed by atoms with Crippen LogP contribution in [0.5, 0.6) is 0 Å². The van der Waals surface area contributed by atoms with Crippen LogP contribution in [0.15, 0.2) is 40.4 Å². The number of carbonyl (C=O) groups is 1. The van der Waals surface area contributed by atoms with Crippen molar-refractivity contribution in [3.63, 3.8) is 0 Å². The predicted octanol–water partition coefficient (Wildman–Crippen LogP) is 4.46. The van der Waals surface area contributed by atoms with Gasteiger partial charge in [0.1, 0.15) is 0 Å². The molecule has 0 heterocycles. The number of halogens is 1. The zero-order valence-corrected chi connectivity index (χ0v) is 12.5. The fourth-order valence-corrected chi connectivity index (χ4v) is 2.44. The summed E-state index contributed by atoms with van der Waals surface area (Å²) < 4.78 is 1.00. The Morgan fingerprint density at radius 2 is 2.00 bits per heavy atom. The fourth-order valence-electron chi connectivity index (χ4n) is 2.18. The van der Waals surface area contributed by atoms with Crippen LogP contribution in [0.3, 0.4) is 0 Å². The standard InChI is InChI=1S/C15H19BrN2O/c16-13-6-8-14(9-7-13)18-15(19)17-11-10-12-4-2-1-3-5-12/h4,6-9H,1-3,5,10-11H2,(H2,17,18,19). The Labute approximate surface area is 122 Å². The van der Waals surface area contributed by atoms with Crippen LogP contribution in [0, 0.1) is 0 Å². The lowest BCUT2D eigenvalue weighted by molar-refractivity contribution is 0.252. The molecular weight excluding hydrogens is 304 g/mol. The molecule has 0 radical (unpaired) electrons. The molecule has 0 unspecified atom stereocenters. The van der Waals surface area contributed by atoms with Crippen molar-refractivity contribution in [2.24, 2.45) is 0 Å². The maximum absolute atomic E-state index is 11.7. The number of rotatable bonds is 4. The smallest absolute Gasteiger partial charge is 0.319 e. The van der Waals surface area contributed by atoms with Crippen molar-refractivity contribution in [3.8, 4) is 0 Å². The van der Waals surface area contributed by atoms with E-state index in [2.05, 4.69) is 32.6 Å². The summed E-state index contributed by atoms with van der Waals surface area (Å²) in [6.07, 6.45) is 8.26. The van der Waals surface area contributed by atoms with Gasteiger partial charge in [-0.2, -0.15) is 0 Å². The van der Waals surface area contributed by atoms with E-state index in [4.69, 9.17) is 0 Å². The number of hydrogen-bond acceptors (Lipinski definition) is 1. The summed E-state index contributed by atoms with van der Waals surface area (Å²) in [6.45, 7) is 0.703. The van der Waals surface area contributed by atoms with Crippen LogP contribution >= 0.6 is 15.9 Å². The first-order valence-electron chi connectivity index (χ1n) is 6.72. The summed E-state index contributed by atoms with van der Waals surface area (Å²) in [7, 11) is 0. The van der Waals surface area contributed by atoms with Gasteiger partial charge in [0.25, 0.3) is 0 Å². The molecule has 102 valence electrons. The Balaban J connectivity index is 1.69. The average Bonchev–Trinajstić information content (AvgIpc) is 2.43. The third kappa shape index (κ3) is 5.07. The number of benzene rings is 1.